The second-order valence-corrected chi connectivity index (χ2v) is 7.45. The molecule has 1 spiro atoms. The molecule has 0 bridgehead atoms. The predicted molar refractivity (Wildman–Crippen MR) is 77.1 cm³/mol. The largest absolute Gasteiger partial charge is 0.383 e. The van der Waals surface area contributed by atoms with E-state index in [0.29, 0.717) is 0 Å². The van der Waals surface area contributed by atoms with Crippen LogP contribution in [0.25, 0.3) is 0 Å². The smallest absolute Gasteiger partial charge is 0.112 e. The van der Waals surface area contributed by atoms with Gasteiger partial charge in [-0.15, -0.1) is 0 Å². The third-order valence-corrected chi connectivity index (χ3v) is 5.25. The average Bonchev–Trinajstić information content (AvgIpc) is 3.14. The van der Waals surface area contributed by atoms with Crippen molar-refractivity contribution in [1.29, 1.82) is 0 Å². The first kappa shape index (κ1) is 13.1. The van der Waals surface area contributed by atoms with Crippen molar-refractivity contribution in [3.63, 3.8) is 0 Å². The summed E-state index contributed by atoms with van der Waals surface area (Å²) < 4.78 is 0. The van der Waals surface area contributed by atoms with Crippen LogP contribution in [0.2, 0.25) is 0 Å². The van der Waals surface area contributed by atoms with E-state index in [1.165, 1.54) is 5.56 Å². The SMILES string of the molecule is CC[C@@]1(O)c2nc(C(C)(C)C)ccc2CCC12CC2. The molecule has 1 aromatic rings. The van der Waals surface area contributed by atoms with Crippen LogP contribution in [0.4, 0.5) is 0 Å². The first-order valence-electron chi connectivity index (χ1n) is 7.56. The Morgan fingerprint density at radius 3 is 2.42 bits per heavy atom. The predicted octanol–water partition coefficient (Wildman–Crippen LogP) is 3.70. The van der Waals surface area contributed by atoms with Gasteiger partial charge >= 0.3 is 0 Å². The number of aryl methyl sites for hydroxylation is 1. The van der Waals surface area contributed by atoms with Crippen LogP contribution < -0.4 is 0 Å². The molecule has 1 aromatic heterocycles. The van der Waals surface area contributed by atoms with Crippen molar-refractivity contribution in [3.05, 3.63) is 29.1 Å². The summed E-state index contributed by atoms with van der Waals surface area (Å²) in [4.78, 5) is 4.89. The van der Waals surface area contributed by atoms with Crippen LogP contribution >= 0.6 is 0 Å². The second kappa shape index (κ2) is 3.82. The van der Waals surface area contributed by atoms with Crippen LogP contribution in [0.5, 0.6) is 0 Å². The Morgan fingerprint density at radius 2 is 1.89 bits per heavy atom. The van der Waals surface area contributed by atoms with Crippen molar-refractivity contribution in [3.8, 4) is 0 Å². The van der Waals surface area contributed by atoms with Crippen LogP contribution in [-0.2, 0) is 17.4 Å². The Labute approximate surface area is 116 Å². The molecule has 0 saturated heterocycles. The number of hydrogen-bond donors (Lipinski definition) is 1. The third-order valence-electron chi connectivity index (χ3n) is 5.25. The van der Waals surface area contributed by atoms with Crippen molar-refractivity contribution < 1.29 is 5.11 Å². The standard InChI is InChI=1S/C17H25NO/c1-5-17(19)14-12(8-9-16(17)10-11-16)6-7-13(18-14)15(2,3)4/h6-7,19H,5,8-11H2,1-4H3/t17-/m1/s1. The van der Waals surface area contributed by atoms with Crippen LogP contribution in [0.15, 0.2) is 12.1 Å². The minimum Gasteiger partial charge on any atom is -0.383 e. The fourth-order valence-electron chi connectivity index (χ4n) is 3.65. The van der Waals surface area contributed by atoms with Crippen LogP contribution in [0.1, 0.15) is 70.3 Å². The maximum Gasteiger partial charge on any atom is 0.112 e. The quantitative estimate of drug-likeness (QED) is 0.834. The molecule has 1 heterocycles. The molecule has 0 aromatic carbocycles. The van der Waals surface area contributed by atoms with E-state index >= 15 is 0 Å². The molecular weight excluding hydrogens is 234 g/mol. The molecule has 1 N–H and O–H groups in total. The lowest BCUT2D eigenvalue weighted by molar-refractivity contribution is -0.0582. The topological polar surface area (TPSA) is 33.1 Å². The van der Waals surface area contributed by atoms with Gasteiger partial charge in [0.1, 0.15) is 5.60 Å². The van der Waals surface area contributed by atoms with E-state index in [0.717, 1.165) is 43.5 Å². The lowest BCUT2D eigenvalue weighted by atomic mass is 9.69. The molecule has 0 aliphatic heterocycles. The first-order valence-corrected chi connectivity index (χ1v) is 7.56. The number of rotatable bonds is 1. The molecule has 3 rings (SSSR count). The Kier molecular flexibility index (Phi) is 2.63. The average molecular weight is 259 g/mol. The molecule has 19 heavy (non-hydrogen) atoms. The second-order valence-electron chi connectivity index (χ2n) is 7.45. The number of pyridine rings is 1. The zero-order valence-corrected chi connectivity index (χ0v) is 12.6. The van der Waals surface area contributed by atoms with Crippen molar-refractivity contribution in [2.45, 2.75) is 70.8 Å². The Morgan fingerprint density at radius 1 is 1.21 bits per heavy atom. The van der Waals surface area contributed by atoms with Gasteiger partial charge in [-0.05, 0) is 43.7 Å². The molecule has 0 radical (unpaired) electrons. The van der Waals surface area contributed by atoms with Gasteiger partial charge in [-0.1, -0.05) is 33.8 Å². The number of nitrogens with zero attached hydrogens (tertiary/aromatic N) is 1. The summed E-state index contributed by atoms with van der Waals surface area (Å²) in [5, 5.41) is 11.3. The Bertz CT molecular complexity index is 510. The van der Waals surface area contributed by atoms with Crippen LogP contribution in [0.3, 0.4) is 0 Å². The van der Waals surface area contributed by atoms with Gasteiger partial charge in [-0.2, -0.15) is 0 Å². The fourth-order valence-corrected chi connectivity index (χ4v) is 3.65. The van der Waals surface area contributed by atoms with E-state index in [1.54, 1.807) is 0 Å². The molecule has 0 amide bonds. The minimum atomic E-state index is -0.693. The molecule has 0 unspecified atom stereocenters. The number of aromatic nitrogens is 1. The van der Waals surface area contributed by atoms with Gasteiger partial charge < -0.3 is 5.11 Å². The monoisotopic (exact) mass is 259 g/mol. The zero-order valence-electron chi connectivity index (χ0n) is 12.6. The van der Waals surface area contributed by atoms with Gasteiger partial charge in [-0.25, -0.2) is 0 Å². The van der Waals surface area contributed by atoms with E-state index in [2.05, 4.69) is 39.8 Å². The van der Waals surface area contributed by atoms with Crippen molar-refractivity contribution in [2.75, 3.05) is 0 Å². The molecule has 2 nitrogen and oxygen atoms in total. The van der Waals surface area contributed by atoms with Crippen LogP contribution in [0, 0.1) is 5.41 Å². The summed E-state index contributed by atoms with van der Waals surface area (Å²) in [7, 11) is 0. The molecule has 104 valence electrons. The fraction of sp³-hybridized carbons (Fsp3) is 0.706. The number of fused-ring (bicyclic) bond motifs is 1. The summed E-state index contributed by atoms with van der Waals surface area (Å²) in [6.45, 7) is 8.65. The van der Waals surface area contributed by atoms with Crippen molar-refractivity contribution >= 4 is 0 Å². The van der Waals surface area contributed by atoms with Crippen LogP contribution in [-0.4, -0.2) is 10.1 Å². The van der Waals surface area contributed by atoms with E-state index in [4.69, 9.17) is 4.98 Å². The molecule has 1 saturated carbocycles. The number of aliphatic hydroxyl groups is 1. The first-order chi connectivity index (χ1) is 8.82. The highest BCUT2D eigenvalue weighted by atomic mass is 16.3. The molecule has 2 aliphatic carbocycles. The lowest BCUT2D eigenvalue weighted by Crippen LogP contribution is -2.42. The summed E-state index contributed by atoms with van der Waals surface area (Å²) in [5.41, 5.74) is 2.81. The summed E-state index contributed by atoms with van der Waals surface area (Å²) in [5.74, 6) is 0. The molecule has 1 atom stereocenters. The lowest BCUT2D eigenvalue weighted by Gasteiger charge is -2.41. The van der Waals surface area contributed by atoms with Gasteiger partial charge in [0.05, 0.1) is 5.69 Å². The summed E-state index contributed by atoms with van der Waals surface area (Å²) >= 11 is 0. The van der Waals surface area contributed by atoms with Crippen molar-refractivity contribution in [1.82, 2.24) is 4.98 Å². The highest BCUT2D eigenvalue weighted by molar-refractivity contribution is 5.36. The maximum atomic E-state index is 11.3. The van der Waals surface area contributed by atoms with E-state index in [1.807, 2.05) is 0 Å². The normalized spacial score (nSPS) is 28.3. The third kappa shape index (κ3) is 1.76. The Balaban J connectivity index is 2.14. The van der Waals surface area contributed by atoms with Gasteiger partial charge in [0.2, 0.25) is 0 Å². The van der Waals surface area contributed by atoms with Gasteiger partial charge in [-0.3, -0.25) is 4.98 Å². The Hall–Kier alpha value is -0.890. The van der Waals surface area contributed by atoms with Gasteiger partial charge in [0.15, 0.2) is 0 Å². The summed E-state index contributed by atoms with van der Waals surface area (Å²) in [6.07, 6.45) is 5.31. The van der Waals surface area contributed by atoms with Gasteiger partial charge in [0, 0.05) is 16.5 Å². The number of hydrogen-bond acceptors (Lipinski definition) is 2. The molecule has 1 fully saturated rings. The zero-order chi connectivity index (χ0) is 13.9. The molecule has 2 heteroatoms. The van der Waals surface area contributed by atoms with Crippen molar-refractivity contribution in [2.24, 2.45) is 5.41 Å². The highest BCUT2D eigenvalue weighted by Crippen LogP contribution is 2.64. The highest BCUT2D eigenvalue weighted by Gasteiger charge is 2.61. The maximum absolute atomic E-state index is 11.3. The van der Waals surface area contributed by atoms with E-state index in [-0.39, 0.29) is 10.8 Å². The van der Waals surface area contributed by atoms with Gasteiger partial charge in [0.25, 0.3) is 0 Å². The van der Waals surface area contributed by atoms with E-state index < -0.39 is 5.60 Å². The molecular formula is C17H25NO. The minimum absolute atomic E-state index is 0.0395. The summed E-state index contributed by atoms with van der Waals surface area (Å²) in [6, 6.07) is 4.33. The van der Waals surface area contributed by atoms with E-state index in [9.17, 15) is 5.11 Å². The molecule has 2 aliphatic rings.